The molecule has 0 radical (unpaired) electrons. The molecule has 0 spiro atoms. The van der Waals surface area contributed by atoms with Gasteiger partial charge in [0.15, 0.2) is 0 Å². The molecule has 3 fully saturated rings. The Bertz CT molecular complexity index is 290. The summed E-state index contributed by atoms with van der Waals surface area (Å²) in [5.41, 5.74) is 0. The zero-order chi connectivity index (χ0) is 13.2. The topological polar surface area (TPSA) is 26.7 Å². The SMILES string of the molecule is CCC1CCC(O)C(N2CCC(N3CCCC3)C2)C1. The predicted molar refractivity (Wildman–Crippen MR) is 78.2 cm³/mol. The van der Waals surface area contributed by atoms with Crippen LogP contribution in [0.25, 0.3) is 0 Å². The summed E-state index contributed by atoms with van der Waals surface area (Å²) < 4.78 is 0. The van der Waals surface area contributed by atoms with Crippen molar-refractivity contribution in [2.24, 2.45) is 5.92 Å². The fourth-order valence-corrected chi connectivity index (χ4v) is 4.45. The number of aliphatic hydroxyl groups excluding tert-OH is 1. The summed E-state index contributed by atoms with van der Waals surface area (Å²) in [4.78, 5) is 5.29. The average molecular weight is 266 g/mol. The lowest BCUT2D eigenvalue weighted by molar-refractivity contribution is 0.00990. The number of hydrogen-bond acceptors (Lipinski definition) is 3. The Balaban J connectivity index is 1.56. The summed E-state index contributed by atoms with van der Waals surface area (Å²) >= 11 is 0. The van der Waals surface area contributed by atoms with Crippen LogP contribution in [0.15, 0.2) is 0 Å². The molecule has 1 aliphatic carbocycles. The third-order valence-electron chi connectivity index (χ3n) is 5.79. The fraction of sp³-hybridized carbons (Fsp3) is 1.00. The molecule has 1 saturated carbocycles. The van der Waals surface area contributed by atoms with Crippen LogP contribution < -0.4 is 0 Å². The maximum atomic E-state index is 10.3. The van der Waals surface area contributed by atoms with E-state index in [0.29, 0.717) is 6.04 Å². The van der Waals surface area contributed by atoms with E-state index in [0.717, 1.165) is 18.4 Å². The Morgan fingerprint density at radius 1 is 1.00 bits per heavy atom. The average Bonchev–Trinajstić information content (AvgIpc) is 3.10. The second kappa shape index (κ2) is 6.11. The molecule has 4 unspecified atom stereocenters. The molecular formula is C16H30N2O. The quantitative estimate of drug-likeness (QED) is 0.847. The molecule has 0 aromatic rings. The van der Waals surface area contributed by atoms with Crippen molar-refractivity contribution in [1.82, 2.24) is 9.80 Å². The van der Waals surface area contributed by atoms with Crippen LogP contribution in [0.2, 0.25) is 0 Å². The Morgan fingerprint density at radius 3 is 2.53 bits per heavy atom. The highest BCUT2D eigenvalue weighted by atomic mass is 16.3. The molecule has 4 atom stereocenters. The lowest BCUT2D eigenvalue weighted by Crippen LogP contribution is -2.47. The molecule has 3 rings (SSSR count). The molecule has 3 nitrogen and oxygen atoms in total. The Kier molecular flexibility index (Phi) is 4.45. The summed E-state index contributed by atoms with van der Waals surface area (Å²) in [5.74, 6) is 0.847. The standard InChI is InChI=1S/C16H30N2O/c1-2-13-5-6-16(19)15(11-13)18-10-7-14(12-18)17-8-3-4-9-17/h13-16,19H,2-12H2,1H3. The van der Waals surface area contributed by atoms with Gasteiger partial charge in [0.25, 0.3) is 0 Å². The van der Waals surface area contributed by atoms with Crippen molar-refractivity contribution in [3.8, 4) is 0 Å². The minimum atomic E-state index is -0.0693. The van der Waals surface area contributed by atoms with Gasteiger partial charge >= 0.3 is 0 Å². The lowest BCUT2D eigenvalue weighted by atomic mass is 9.82. The molecule has 3 heteroatoms. The van der Waals surface area contributed by atoms with Gasteiger partial charge in [-0.3, -0.25) is 9.80 Å². The van der Waals surface area contributed by atoms with Crippen LogP contribution in [-0.2, 0) is 0 Å². The first-order chi connectivity index (χ1) is 9.28. The number of hydrogen-bond donors (Lipinski definition) is 1. The van der Waals surface area contributed by atoms with E-state index in [1.54, 1.807) is 0 Å². The van der Waals surface area contributed by atoms with Gasteiger partial charge in [0.1, 0.15) is 0 Å². The van der Waals surface area contributed by atoms with Crippen LogP contribution in [0.3, 0.4) is 0 Å². The van der Waals surface area contributed by atoms with Gasteiger partial charge in [-0.25, -0.2) is 0 Å². The molecule has 3 aliphatic rings. The first-order valence-corrected chi connectivity index (χ1v) is 8.44. The summed E-state index contributed by atoms with van der Waals surface area (Å²) in [5, 5.41) is 10.3. The third kappa shape index (κ3) is 2.98. The molecule has 0 aromatic carbocycles. The predicted octanol–water partition coefficient (Wildman–Crippen LogP) is 2.10. The molecule has 0 aromatic heterocycles. The second-order valence-corrected chi connectivity index (χ2v) is 6.90. The molecule has 2 saturated heterocycles. The van der Waals surface area contributed by atoms with Gasteiger partial charge in [0.2, 0.25) is 0 Å². The van der Waals surface area contributed by atoms with Crippen LogP contribution in [0.4, 0.5) is 0 Å². The minimum absolute atomic E-state index is 0.0693. The Labute approximate surface area is 118 Å². The zero-order valence-electron chi connectivity index (χ0n) is 12.4. The highest BCUT2D eigenvalue weighted by Crippen LogP contribution is 2.32. The van der Waals surface area contributed by atoms with Crippen LogP contribution >= 0.6 is 0 Å². The largest absolute Gasteiger partial charge is 0.391 e. The lowest BCUT2D eigenvalue weighted by Gasteiger charge is -2.39. The van der Waals surface area contributed by atoms with Crippen LogP contribution in [0.1, 0.15) is 51.9 Å². The summed E-state index contributed by atoms with van der Waals surface area (Å²) in [6.07, 6.45) is 8.80. The fourth-order valence-electron chi connectivity index (χ4n) is 4.45. The monoisotopic (exact) mass is 266 g/mol. The zero-order valence-corrected chi connectivity index (χ0v) is 12.4. The summed E-state index contributed by atoms with van der Waals surface area (Å²) in [6, 6.07) is 1.23. The maximum absolute atomic E-state index is 10.3. The van der Waals surface area contributed by atoms with Crippen molar-refractivity contribution in [1.29, 1.82) is 0 Å². The van der Waals surface area contributed by atoms with Gasteiger partial charge in [-0.1, -0.05) is 13.3 Å². The van der Waals surface area contributed by atoms with E-state index in [2.05, 4.69) is 16.7 Å². The number of nitrogens with zero attached hydrogens (tertiary/aromatic N) is 2. The second-order valence-electron chi connectivity index (χ2n) is 6.90. The van der Waals surface area contributed by atoms with E-state index < -0.39 is 0 Å². The van der Waals surface area contributed by atoms with Crippen LogP contribution in [0, 0.1) is 5.92 Å². The highest BCUT2D eigenvalue weighted by molar-refractivity contribution is 4.93. The molecule has 0 amide bonds. The third-order valence-corrected chi connectivity index (χ3v) is 5.79. The van der Waals surface area contributed by atoms with Gasteiger partial charge < -0.3 is 5.11 Å². The molecule has 110 valence electrons. The van der Waals surface area contributed by atoms with E-state index in [4.69, 9.17) is 0 Å². The van der Waals surface area contributed by atoms with Crippen molar-refractivity contribution >= 4 is 0 Å². The van der Waals surface area contributed by atoms with E-state index >= 15 is 0 Å². The van der Waals surface area contributed by atoms with Crippen molar-refractivity contribution in [2.45, 2.75) is 70.1 Å². The Morgan fingerprint density at radius 2 is 1.79 bits per heavy atom. The smallest absolute Gasteiger partial charge is 0.0695 e. The van der Waals surface area contributed by atoms with Crippen molar-refractivity contribution < 1.29 is 5.11 Å². The van der Waals surface area contributed by atoms with Crippen molar-refractivity contribution in [3.63, 3.8) is 0 Å². The first-order valence-electron chi connectivity index (χ1n) is 8.44. The van der Waals surface area contributed by atoms with E-state index in [1.165, 1.54) is 64.7 Å². The molecule has 1 N–H and O–H groups in total. The summed E-state index contributed by atoms with van der Waals surface area (Å²) in [6.45, 7) is 7.33. The molecule has 19 heavy (non-hydrogen) atoms. The van der Waals surface area contributed by atoms with Gasteiger partial charge in [0, 0.05) is 25.2 Å². The number of likely N-dealkylation sites (tertiary alicyclic amines) is 2. The van der Waals surface area contributed by atoms with Gasteiger partial charge in [-0.2, -0.15) is 0 Å². The van der Waals surface area contributed by atoms with E-state index in [-0.39, 0.29) is 6.10 Å². The molecule has 0 bridgehead atoms. The van der Waals surface area contributed by atoms with E-state index in [1.807, 2.05) is 0 Å². The van der Waals surface area contributed by atoms with Crippen LogP contribution in [0.5, 0.6) is 0 Å². The maximum Gasteiger partial charge on any atom is 0.0695 e. The number of rotatable bonds is 3. The molecule has 2 aliphatic heterocycles. The Hall–Kier alpha value is -0.120. The highest BCUT2D eigenvalue weighted by Gasteiger charge is 2.38. The normalized spacial score (nSPS) is 42.0. The summed E-state index contributed by atoms with van der Waals surface area (Å²) in [7, 11) is 0. The van der Waals surface area contributed by atoms with Gasteiger partial charge in [-0.05, 0) is 57.5 Å². The molecule has 2 heterocycles. The van der Waals surface area contributed by atoms with Crippen LogP contribution in [-0.4, -0.2) is 59.3 Å². The van der Waals surface area contributed by atoms with Crippen molar-refractivity contribution in [2.75, 3.05) is 26.2 Å². The van der Waals surface area contributed by atoms with E-state index in [9.17, 15) is 5.11 Å². The van der Waals surface area contributed by atoms with Gasteiger partial charge in [-0.15, -0.1) is 0 Å². The number of aliphatic hydroxyl groups is 1. The van der Waals surface area contributed by atoms with Crippen molar-refractivity contribution in [3.05, 3.63) is 0 Å². The minimum Gasteiger partial charge on any atom is -0.391 e. The van der Waals surface area contributed by atoms with Gasteiger partial charge in [0.05, 0.1) is 6.10 Å². The molecular weight excluding hydrogens is 236 g/mol. The first kappa shape index (κ1) is 13.8.